The number of aryl methyl sites for hydroxylation is 2. The van der Waals surface area contributed by atoms with Gasteiger partial charge in [0.25, 0.3) is 0 Å². The average molecular weight is 294 g/mol. The molecule has 0 amide bonds. The van der Waals surface area contributed by atoms with Crippen LogP contribution in [-0.4, -0.2) is 15.0 Å². The number of benzene rings is 1. The second-order valence-electron chi connectivity index (χ2n) is 5.59. The minimum atomic E-state index is 0.444. The fourth-order valence-corrected chi connectivity index (χ4v) is 3.04. The van der Waals surface area contributed by atoms with Crippen molar-refractivity contribution in [3.63, 3.8) is 0 Å². The maximum atomic E-state index is 5.69. The number of nitrogens with one attached hydrogen (secondary N) is 1. The lowest BCUT2D eigenvalue weighted by molar-refractivity contribution is 0.619. The first-order valence-electron chi connectivity index (χ1n) is 7.85. The van der Waals surface area contributed by atoms with Crippen LogP contribution in [0.15, 0.2) is 28.7 Å². The van der Waals surface area contributed by atoms with E-state index >= 15 is 0 Å². The lowest BCUT2D eigenvalue weighted by Gasteiger charge is -2.18. The van der Waals surface area contributed by atoms with Crippen molar-refractivity contribution in [1.82, 2.24) is 15.0 Å². The summed E-state index contributed by atoms with van der Waals surface area (Å²) < 4.78 is 5.69. The van der Waals surface area contributed by atoms with Gasteiger partial charge in [0, 0.05) is 11.4 Å². The van der Waals surface area contributed by atoms with Crippen LogP contribution in [0.4, 0.5) is 12.0 Å². The van der Waals surface area contributed by atoms with Crippen LogP contribution < -0.4 is 5.32 Å². The third-order valence-corrected chi connectivity index (χ3v) is 4.12. The Labute approximate surface area is 128 Å². The zero-order valence-corrected chi connectivity index (χ0v) is 12.6. The lowest BCUT2D eigenvalue weighted by atomic mass is 9.94. The minimum absolute atomic E-state index is 0.444. The van der Waals surface area contributed by atoms with Crippen LogP contribution >= 0.6 is 0 Å². The molecular weight excluding hydrogens is 276 g/mol. The third kappa shape index (κ3) is 2.32. The van der Waals surface area contributed by atoms with E-state index in [1.165, 1.54) is 24.1 Å². The van der Waals surface area contributed by atoms with E-state index in [0.717, 1.165) is 36.1 Å². The van der Waals surface area contributed by atoms with Crippen LogP contribution in [0.5, 0.6) is 0 Å². The summed E-state index contributed by atoms with van der Waals surface area (Å²) in [5.41, 5.74) is 5.26. The molecule has 1 aliphatic carbocycles. The Bertz CT molecular complexity index is 774. The third-order valence-electron chi connectivity index (χ3n) is 4.12. The van der Waals surface area contributed by atoms with Crippen LogP contribution in [-0.2, 0) is 19.3 Å². The van der Waals surface area contributed by atoms with Gasteiger partial charge in [0.05, 0.1) is 0 Å². The quantitative estimate of drug-likeness (QED) is 0.796. The van der Waals surface area contributed by atoms with Crippen molar-refractivity contribution < 1.29 is 4.42 Å². The van der Waals surface area contributed by atoms with Crippen LogP contribution in [0, 0.1) is 0 Å². The standard InChI is InChI=1S/C17H18N4O/c1-2-12-11-7-3-4-8-13(11)19-16(18-12)21-17-20-14-9-5-6-10-15(14)22-17/h5-6,9-10H,2-4,7-8H2,1H3,(H,18,19,20,21). The van der Waals surface area contributed by atoms with Gasteiger partial charge in [0.2, 0.25) is 5.95 Å². The molecule has 4 rings (SSSR count). The van der Waals surface area contributed by atoms with Crippen LogP contribution in [0.3, 0.4) is 0 Å². The van der Waals surface area contributed by atoms with E-state index in [-0.39, 0.29) is 0 Å². The highest BCUT2D eigenvalue weighted by Gasteiger charge is 2.17. The molecule has 0 atom stereocenters. The second kappa shape index (κ2) is 5.40. The summed E-state index contributed by atoms with van der Waals surface area (Å²) in [4.78, 5) is 13.7. The minimum Gasteiger partial charge on any atom is -0.423 e. The van der Waals surface area contributed by atoms with E-state index in [2.05, 4.69) is 27.2 Å². The highest BCUT2D eigenvalue weighted by atomic mass is 16.4. The normalized spacial score (nSPS) is 14.0. The molecule has 0 saturated heterocycles. The average Bonchev–Trinajstić information content (AvgIpc) is 2.96. The Balaban J connectivity index is 1.70. The van der Waals surface area contributed by atoms with Crippen molar-refractivity contribution in [3.8, 4) is 0 Å². The van der Waals surface area contributed by atoms with Crippen molar-refractivity contribution >= 4 is 23.1 Å². The van der Waals surface area contributed by atoms with Crippen molar-refractivity contribution in [3.05, 3.63) is 41.2 Å². The number of hydrogen-bond acceptors (Lipinski definition) is 5. The molecule has 112 valence electrons. The molecule has 5 heteroatoms. The largest absolute Gasteiger partial charge is 0.423 e. The molecule has 0 unspecified atom stereocenters. The number of hydrogen-bond donors (Lipinski definition) is 1. The van der Waals surface area contributed by atoms with E-state index in [4.69, 9.17) is 4.42 Å². The summed E-state index contributed by atoms with van der Waals surface area (Å²) in [5.74, 6) is 0.587. The first kappa shape index (κ1) is 13.2. The molecule has 1 aliphatic rings. The first-order chi connectivity index (χ1) is 10.8. The van der Waals surface area contributed by atoms with Crippen molar-refractivity contribution in [2.45, 2.75) is 39.0 Å². The molecule has 0 spiro atoms. The monoisotopic (exact) mass is 294 g/mol. The molecule has 1 aromatic carbocycles. The summed E-state index contributed by atoms with van der Waals surface area (Å²) in [6.45, 7) is 2.14. The molecule has 0 aliphatic heterocycles. The summed E-state index contributed by atoms with van der Waals surface area (Å²) in [7, 11) is 0. The van der Waals surface area contributed by atoms with Crippen LogP contribution in [0.25, 0.3) is 11.1 Å². The molecular formula is C17H18N4O. The van der Waals surface area contributed by atoms with E-state index in [0.29, 0.717) is 12.0 Å². The van der Waals surface area contributed by atoms with Gasteiger partial charge in [-0.05, 0) is 49.8 Å². The van der Waals surface area contributed by atoms with E-state index in [9.17, 15) is 0 Å². The zero-order valence-electron chi connectivity index (χ0n) is 12.6. The summed E-state index contributed by atoms with van der Waals surface area (Å²) in [6, 6.07) is 8.15. The molecule has 22 heavy (non-hydrogen) atoms. The number of nitrogens with zero attached hydrogens (tertiary/aromatic N) is 3. The maximum absolute atomic E-state index is 5.69. The molecule has 2 heterocycles. The van der Waals surface area contributed by atoms with Crippen molar-refractivity contribution in [2.24, 2.45) is 0 Å². The van der Waals surface area contributed by atoms with Gasteiger partial charge < -0.3 is 4.42 Å². The number of anilines is 2. The fraction of sp³-hybridized carbons (Fsp3) is 0.353. The SMILES string of the molecule is CCc1nc(Nc2nc3ccccc3o2)nc2c1CCCC2. The summed E-state index contributed by atoms with van der Waals surface area (Å²) >= 11 is 0. The Morgan fingerprint density at radius 1 is 1.09 bits per heavy atom. The number of aromatic nitrogens is 3. The zero-order chi connectivity index (χ0) is 14.9. The Kier molecular flexibility index (Phi) is 3.25. The molecule has 5 nitrogen and oxygen atoms in total. The number of oxazole rings is 1. The van der Waals surface area contributed by atoms with Gasteiger partial charge in [0.1, 0.15) is 5.52 Å². The van der Waals surface area contributed by atoms with E-state index < -0.39 is 0 Å². The molecule has 1 N–H and O–H groups in total. The summed E-state index contributed by atoms with van der Waals surface area (Å²) in [5, 5.41) is 3.12. The van der Waals surface area contributed by atoms with Crippen molar-refractivity contribution in [1.29, 1.82) is 0 Å². The predicted octanol–water partition coefficient (Wildman–Crippen LogP) is 3.80. The molecule has 0 bridgehead atoms. The van der Waals surface area contributed by atoms with Gasteiger partial charge in [-0.1, -0.05) is 19.1 Å². The molecule has 0 fully saturated rings. The Hall–Kier alpha value is -2.43. The van der Waals surface area contributed by atoms with Gasteiger partial charge in [-0.3, -0.25) is 5.32 Å². The van der Waals surface area contributed by atoms with E-state index in [1.807, 2.05) is 24.3 Å². The molecule has 0 radical (unpaired) electrons. The van der Waals surface area contributed by atoms with Gasteiger partial charge in [-0.15, -0.1) is 0 Å². The lowest BCUT2D eigenvalue weighted by Crippen LogP contribution is -2.13. The van der Waals surface area contributed by atoms with Crippen LogP contribution in [0.2, 0.25) is 0 Å². The highest BCUT2D eigenvalue weighted by Crippen LogP contribution is 2.25. The highest BCUT2D eigenvalue weighted by molar-refractivity contribution is 5.74. The molecule has 0 saturated carbocycles. The number of fused-ring (bicyclic) bond motifs is 2. The van der Waals surface area contributed by atoms with Crippen LogP contribution in [0.1, 0.15) is 36.7 Å². The number of rotatable bonds is 3. The Morgan fingerprint density at radius 2 is 1.95 bits per heavy atom. The van der Waals surface area contributed by atoms with Gasteiger partial charge >= 0.3 is 6.01 Å². The van der Waals surface area contributed by atoms with Gasteiger partial charge in [-0.2, -0.15) is 4.98 Å². The first-order valence-corrected chi connectivity index (χ1v) is 7.85. The second-order valence-corrected chi connectivity index (χ2v) is 5.59. The van der Waals surface area contributed by atoms with Gasteiger partial charge in [0.15, 0.2) is 5.58 Å². The fourth-order valence-electron chi connectivity index (χ4n) is 3.04. The molecule has 3 aromatic rings. The Morgan fingerprint density at radius 3 is 2.82 bits per heavy atom. The summed E-state index contributed by atoms with van der Waals surface area (Å²) in [6.07, 6.45) is 5.50. The predicted molar refractivity (Wildman–Crippen MR) is 85.3 cm³/mol. The van der Waals surface area contributed by atoms with Crippen molar-refractivity contribution in [2.75, 3.05) is 5.32 Å². The molecule has 2 aromatic heterocycles. The topological polar surface area (TPSA) is 63.8 Å². The maximum Gasteiger partial charge on any atom is 0.302 e. The number of para-hydroxylation sites is 2. The smallest absolute Gasteiger partial charge is 0.302 e. The van der Waals surface area contributed by atoms with E-state index in [1.54, 1.807) is 0 Å². The van der Waals surface area contributed by atoms with Gasteiger partial charge in [-0.25, -0.2) is 9.97 Å².